The largest absolute Gasteiger partial charge is 0.463 e. The van der Waals surface area contributed by atoms with Crippen molar-refractivity contribution in [2.75, 3.05) is 13.2 Å². The van der Waals surface area contributed by atoms with Crippen LogP contribution in [-0.2, 0) is 63.7 Å². The van der Waals surface area contributed by atoms with E-state index < -0.39 is 60.6 Å². The zero-order valence-corrected chi connectivity index (χ0v) is 21.2. The summed E-state index contributed by atoms with van der Waals surface area (Å²) >= 11 is 0. The average molecular weight is 525 g/mol. The van der Waals surface area contributed by atoms with Crippen molar-refractivity contribution >= 4 is 29.8 Å². The molecule has 37 heavy (non-hydrogen) atoms. The fourth-order valence-electron chi connectivity index (χ4n) is 3.55. The SMILES string of the molecule is CC(=O)OC[C@H]1O[C@@H](OCCCC(=O)OCc2ccccc2)[C@H](OC(C)=O)[C@@H](OC(C)=O)[C@H]1OC(C)=O. The van der Waals surface area contributed by atoms with Crippen LogP contribution in [-0.4, -0.2) is 73.8 Å². The van der Waals surface area contributed by atoms with Gasteiger partial charge in [0, 0.05) is 34.1 Å². The number of carbonyl (C=O) groups excluding carboxylic acids is 5. The van der Waals surface area contributed by atoms with Crippen LogP contribution in [0.5, 0.6) is 0 Å². The molecule has 0 spiro atoms. The summed E-state index contributed by atoms with van der Waals surface area (Å²) in [5.74, 6) is -3.26. The van der Waals surface area contributed by atoms with Crippen molar-refractivity contribution in [3.63, 3.8) is 0 Å². The van der Waals surface area contributed by atoms with E-state index in [4.69, 9.17) is 33.2 Å². The van der Waals surface area contributed by atoms with E-state index in [2.05, 4.69) is 0 Å². The lowest BCUT2D eigenvalue weighted by Gasteiger charge is -2.44. The van der Waals surface area contributed by atoms with E-state index in [1.54, 1.807) is 0 Å². The Balaban J connectivity index is 2.07. The molecule has 1 aliphatic heterocycles. The Hall–Kier alpha value is -3.51. The Morgan fingerprint density at radius 3 is 1.95 bits per heavy atom. The number of esters is 5. The predicted octanol–water partition coefficient (Wildman–Crippen LogP) is 1.61. The van der Waals surface area contributed by atoms with Crippen molar-refractivity contribution in [3.05, 3.63) is 35.9 Å². The number of rotatable bonds is 12. The minimum atomic E-state index is -1.32. The lowest BCUT2D eigenvalue weighted by Crippen LogP contribution is -2.63. The highest BCUT2D eigenvalue weighted by molar-refractivity contribution is 5.69. The molecule has 0 aliphatic carbocycles. The van der Waals surface area contributed by atoms with Crippen LogP contribution in [0.2, 0.25) is 0 Å². The maximum absolute atomic E-state index is 12.1. The normalized spacial score (nSPS) is 22.9. The first-order valence-electron chi connectivity index (χ1n) is 11.7. The molecular weight excluding hydrogens is 492 g/mol. The smallest absolute Gasteiger partial charge is 0.306 e. The van der Waals surface area contributed by atoms with Gasteiger partial charge in [0.1, 0.15) is 19.3 Å². The Kier molecular flexibility index (Phi) is 12.0. The average Bonchev–Trinajstić information content (AvgIpc) is 2.82. The summed E-state index contributed by atoms with van der Waals surface area (Å²) in [5.41, 5.74) is 0.851. The van der Waals surface area contributed by atoms with E-state index in [0.717, 1.165) is 26.3 Å². The van der Waals surface area contributed by atoms with Gasteiger partial charge in [0.05, 0.1) is 6.61 Å². The van der Waals surface area contributed by atoms with Crippen molar-refractivity contribution in [2.45, 2.75) is 77.8 Å². The van der Waals surface area contributed by atoms with E-state index in [9.17, 15) is 24.0 Å². The van der Waals surface area contributed by atoms with Gasteiger partial charge in [-0.15, -0.1) is 0 Å². The van der Waals surface area contributed by atoms with Crippen molar-refractivity contribution in [3.8, 4) is 0 Å². The second-order valence-electron chi connectivity index (χ2n) is 8.19. The second-order valence-corrected chi connectivity index (χ2v) is 8.19. The predicted molar refractivity (Wildman–Crippen MR) is 123 cm³/mol. The second kappa shape index (κ2) is 14.9. The summed E-state index contributed by atoms with van der Waals surface area (Å²) in [6, 6.07) is 9.20. The van der Waals surface area contributed by atoms with Gasteiger partial charge in [0.25, 0.3) is 0 Å². The third kappa shape index (κ3) is 10.6. The van der Waals surface area contributed by atoms with Crippen LogP contribution in [0.1, 0.15) is 46.1 Å². The maximum Gasteiger partial charge on any atom is 0.306 e. The van der Waals surface area contributed by atoms with Gasteiger partial charge in [0.2, 0.25) is 0 Å². The van der Waals surface area contributed by atoms with E-state index in [0.29, 0.717) is 0 Å². The number of hydrogen-bond donors (Lipinski definition) is 0. The fraction of sp³-hybridized carbons (Fsp3) is 0.560. The molecule has 0 unspecified atom stereocenters. The zero-order chi connectivity index (χ0) is 27.4. The summed E-state index contributed by atoms with van der Waals surface area (Å²) in [4.78, 5) is 58.8. The van der Waals surface area contributed by atoms with Gasteiger partial charge in [-0.2, -0.15) is 0 Å². The van der Waals surface area contributed by atoms with Crippen LogP contribution in [0.4, 0.5) is 0 Å². The Bertz CT molecular complexity index is 931. The number of ether oxygens (including phenoxy) is 7. The van der Waals surface area contributed by atoms with E-state index >= 15 is 0 Å². The third-order valence-corrected chi connectivity index (χ3v) is 5.00. The number of carbonyl (C=O) groups is 5. The first kappa shape index (κ1) is 29.7. The van der Waals surface area contributed by atoms with Crippen molar-refractivity contribution in [1.82, 2.24) is 0 Å². The molecule has 0 aromatic heterocycles. The zero-order valence-electron chi connectivity index (χ0n) is 21.2. The first-order valence-corrected chi connectivity index (χ1v) is 11.7. The minimum absolute atomic E-state index is 0.0197. The maximum atomic E-state index is 12.1. The minimum Gasteiger partial charge on any atom is -0.463 e. The monoisotopic (exact) mass is 524 g/mol. The molecule has 1 saturated heterocycles. The lowest BCUT2D eigenvalue weighted by atomic mass is 9.98. The molecule has 2 rings (SSSR count). The molecular formula is C25H32O12. The van der Waals surface area contributed by atoms with Gasteiger partial charge in [-0.3, -0.25) is 24.0 Å². The Labute approximate surface area is 214 Å². The molecule has 0 bridgehead atoms. The summed E-state index contributed by atoms with van der Waals surface area (Å²) < 4.78 is 37.7. The van der Waals surface area contributed by atoms with E-state index in [-0.39, 0.29) is 32.7 Å². The summed E-state index contributed by atoms with van der Waals surface area (Å²) in [6.45, 7) is 4.34. The van der Waals surface area contributed by atoms with Crippen LogP contribution >= 0.6 is 0 Å². The molecule has 12 heteroatoms. The van der Waals surface area contributed by atoms with Gasteiger partial charge in [-0.05, 0) is 12.0 Å². The van der Waals surface area contributed by atoms with E-state index in [1.165, 1.54) is 6.92 Å². The molecule has 1 heterocycles. The summed E-state index contributed by atoms with van der Waals surface area (Å²) in [6.07, 6.45) is -6.02. The van der Waals surface area contributed by atoms with Crippen molar-refractivity contribution in [2.24, 2.45) is 0 Å². The highest BCUT2D eigenvalue weighted by Crippen LogP contribution is 2.30. The van der Waals surface area contributed by atoms with Crippen LogP contribution < -0.4 is 0 Å². The lowest BCUT2D eigenvalue weighted by molar-refractivity contribution is -0.308. The third-order valence-electron chi connectivity index (χ3n) is 5.00. The highest BCUT2D eigenvalue weighted by atomic mass is 16.7. The van der Waals surface area contributed by atoms with Crippen molar-refractivity contribution in [1.29, 1.82) is 0 Å². The molecule has 1 aliphatic rings. The van der Waals surface area contributed by atoms with Gasteiger partial charge >= 0.3 is 29.8 Å². The van der Waals surface area contributed by atoms with Gasteiger partial charge in [0.15, 0.2) is 24.6 Å². The standard InChI is InChI=1S/C25H32O12/c1-15(26)32-14-20-22(34-16(2)27)23(35-17(3)28)24(36-18(4)29)25(37-20)31-12-8-11-21(30)33-13-19-9-6-5-7-10-19/h5-7,9-10,20,22-25H,8,11-14H2,1-4H3/t20-,22+,23+,24-,25-/m1/s1. The Morgan fingerprint density at radius 2 is 1.35 bits per heavy atom. The molecule has 1 aromatic rings. The van der Waals surface area contributed by atoms with Crippen LogP contribution in [0.25, 0.3) is 0 Å². The molecule has 0 radical (unpaired) electrons. The topological polar surface area (TPSA) is 150 Å². The molecule has 1 fully saturated rings. The van der Waals surface area contributed by atoms with Gasteiger partial charge < -0.3 is 33.2 Å². The van der Waals surface area contributed by atoms with Gasteiger partial charge in [-0.1, -0.05) is 30.3 Å². The number of hydrogen-bond acceptors (Lipinski definition) is 12. The summed E-state index contributed by atoms with van der Waals surface area (Å²) in [7, 11) is 0. The molecule has 0 amide bonds. The molecule has 12 nitrogen and oxygen atoms in total. The molecule has 204 valence electrons. The number of benzene rings is 1. The van der Waals surface area contributed by atoms with Crippen molar-refractivity contribution < 1.29 is 57.1 Å². The van der Waals surface area contributed by atoms with Crippen LogP contribution in [0, 0.1) is 0 Å². The first-order chi connectivity index (χ1) is 17.6. The molecule has 0 N–H and O–H groups in total. The molecule has 0 saturated carbocycles. The molecule has 1 aromatic carbocycles. The van der Waals surface area contributed by atoms with Gasteiger partial charge in [-0.25, -0.2) is 0 Å². The van der Waals surface area contributed by atoms with E-state index in [1.807, 2.05) is 30.3 Å². The quantitative estimate of drug-likeness (QED) is 0.222. The van der Waals surface area contributed by atoms with Crippen LogP contribution in [0.3, 0.4) is 0 Å². The Morgan fingerprint density at radius 1 is 0.757 bits per heavy atom. The summed E-state index contributed by atoms with van der Waals surface area (Å²) in [5, 5.41) is 0. The fourth-order valence-corrected chi connectivity index (χ4v) is 3.55. The highest BCUT2D eigenvalue weighted by Gasteiger charge is 2.52. The molecule has 5 atom stereocenters. The van der Waals surface area contributed by atoms with Crippen LogP contribution in [0.15, 0.2) is 30.3 Å².